The molecule has 2 heterocycles. The average Bonchev–Trinajstić information content (AvgIpc) is 3.34. The van der Waals surface area contributed by atoms with Crippen LogP contribution in [0.4, 0.5) is 5.95 Å². The Labute approximate surface area is 170 Å². The number of aliphatic imine (C=N–C) groups is 1. The monoisotopic (exact) mass is 400 g/mol. The molecule has 0 aliphatic carbocycles. The molecule has 6 heteroatoms. The molecule has 0 saturated heterocycles. The number of fused-ring (bicyclic) bond motifs is 2. The van der Waals surface area contributed by atoms with Crippen LogP contribution in [0.2, 0.25) is 0 Å². The Bertz CT molecular complexity index is 1210. The van der Waals surface area contributed by atoms with Crippen LogP contribution < -0.4 is 0 Å². The first-order chi connectivity index (χ1) is 13.8. The molecule has 0 unspecified atom stereocenters. The van der Waals surface area contributed by atoms with Crippen molar-refractivity contribution in [1.29, 1.82) is 0 Å². The maximum absolute atomic E-state index is 4.84. The van der Waals surface area contributed by atoms with Gasteiger partial charge >= 0.3 is 0 Å². The number of thioether (sulfide) groups is 1. The number of H-pyrrole nitrogens is 1. The maximum Gasteiger partial charge on any atom is 0.228 e. The van der Waals surface area contributed by atoms with Gasteiger partial charge in [-0.05, 0) is 29.8 Å². The van der Waals surface area contributed by atoms with Crippen LogP contribution in [0.5, 0.6) is 0 Å². The van der Waals surface area contributed by atoms with Crippen LogP contribution in [0.3, 0.4) is 0 Å². The third-order valence-corrected chi connectivity index (χ3v) is 6.52. The SMILES string of the molecule is c1ccc(/C(CSc2nc3ccccc3s2)=N/c2nc3ccccc3[nH]2)cc1. The Morgan fingerprint density at radius 3 is 2.43 bits per heavy atom. The maximum atomic E-state index is 4.84. The van der Waals surface area contributed by atoms with Gasteiger partial charge in [0.1, 0.15) is 0 Å². The van der Waals surface area contributed by atoms with Gasteiger partial charge < -0.3 is 4.98 Å². The van der Waals surface area contributed by atoms with Gasteiger partial charge in [0.15, 0.2) is 4.34 Å². The zero-order chi connectivity index (χ0) is 18.8. The van der Waals surface area contributed by atoms with Crippen molar-refractivity contribution in [2.24, 2.45) is 4.99 Å². The summed E-state index contributed by atoms with van der Waals surface area (Å²) in [5.74, 6) is 1.35. The van der Waals surface area contributed by atoms with E-state index < -0.39 is 0 Å². The minimum Gasteiger partial charge on any atom is -0.322 e. The van der Waals surface area contributed by atoms with E-state index in [0.29, 0.717) is 5.95 Å². The van der Waals surface area contributed by atoms with Gasteiger partial charge in [0.05, 0.1) is 27.0 Å². The number of aromatic nitrogens is 3. The Morgan fingerprint density at radius 1 is 0.857 bits per heavy atom. The van der Waals surface area contributed by atoms with Crippen LogP contribution in [0.1, 0.15) is 5.56 Å². The van der Waals surface area contributed by atoms with Gasteiger partial charge in [0.2, 0.25) is 5.95 Å². The minimum atomic E-state index is 0.630. The number of nitrogens with zero attached hydrogens (tertiary/aromatic N) is 3. The summed E-state index contributed by atoms with van der Waals surface area (Å²) in [6, 6.07) is 26.5. The van der Waals surface area contributed by atoms with Crippen molar-refractivity contribution in [3.63, 3.8) is 0 Å². The Kier molecular flexibility index (Phi) is 4.64. The third kappa shape index (κ3) is 3.56. The summed E-state index contributed by atoms with van der Waals surface area (Å²) >= 11 is 3.43. The van der Waals surface area contributed by atoms with Crippen LogP contribution >= 0.6 is 23.1 Å². The lowest BCUT2D eigenvalue weighted by Crippen LogP contribution is -2.04. The Hall–Kier alpha value is -2.96. The predicted octanol–water partition coefficient (Wildman–Crippen LogP) is 6.09. The summed E-state index contributed by atoms with van der Waals surface area (Å²) in [5, 5.41) is 0. The number of rotatable bonds is 5. The van der Waals surface area contributed by atoms with Crippen molar-refractivity contribution >= 4 is 56.0 Å². The van der Waals surface area contributed by atoms with Crippen LogP contribution in [0.25, 0.3) is 21.3 Å². The Balaban J connectivity index is 1.47. The lowest BCUT2D eigenvalue weighted by Gasteiger charge is -2.04. The highest BCUT2D eigenvalue weighted by atomic mass is 32.2. The van der Waals surface area contributed by atoms with E-state index in [0.717, 1.165) is 37.9 Å². The largest absolute Gasteiger partial charge is 0.322 e. The second kappa shape index (κ2) is 7.58. The summed E-state index contributed by atoms with van der Waals surface area (Å²) in [5.41, 5.74) is 5.03. The molecule has 0 aliphatic rings. The van der Waals surface area contributed by atoms with Gasteiger partial charge in [-0.1, -0.05) is 66.4 Å². The molecule has 28 heavy (non-hydrogen) atoms. The van der Waals surface area contributed by atoms with Gasteiger partial charge in [-0.3, -0.25) is 0 Å². The molecule has 0 bridgehead atoms. The van der Waals surface area contributed by atoms with E-state index >= 15 is 0 Å². The van der Waals surface area contributed by atoms with E-state index in [2.05, 4.69) is 34.2 Å². The number of para-hydroxylation sites is 3. The number of nitrogens with one attached hydrogen (secondary N) is 1. The Morgan fingerprint density at radius 2 is 1.61 bits per heavy atom. The summed E-state index contributed by atoms with van der Waals surface area (Å²) in [7, 11) is 0. The highest BCUT2D eigenvalue weighted by molar-refractivity contribution is 8.01. The zero-order valence-corrected chi connectivity index (χ0v) is 16.5. The molecule has 0 radical (unpaired) electrons. The minimum absolute atomic E-state index is 0.630. The molecular weight excluding hydrogens is 384 g/mol. The summed E-state index contributed by atoms with van der Waals surface area (Å²) in [4.78, 5) is 17.5. The molecule has 0 amide bonds. The number of aromatic amines is 1. The highest BCUT2D eigenvalue weighted by Crippen LogP contribution is 2.30. The smallest absolute Gasteiger partial charge is 0.228 e. The third-order valence-electron chi connectivity index (χ3n) is 4.33. The van der Waals surface area contributed by atoms with Crippen LogP contribution in [-0.4, -0.2) is 26.4 Å². The summed E-state index contributed by atoms with van der Waals surface area (Å²) < 4.78 is 2.26. The van der Waals surface area contributed by atoms with E-state index in [-0.39, 0.29) is 0 Å². The number of thiazole rings is 1. The van der Waals surface area contributed by atoms with Crippen molar-refractivity contribution in [2.45, 2.75) is 4.34 Å². The molecule has 0 saturated carbocycles. The second-order valence-corrected chi connectivity index (χ2v) is 8.49. The van der Waals surface area contributed by atoms with Gasteiger partial charge in [-0.25, -0.2) is 15.0 Å². The molecule has 0 aliphatic heterocycles. The molecule has 5 aromatic rings. The topological polar surface area (TPSA) is 53.9 Å². The van der Waals surface area contributed by atoms with E-state index in [1.54, 1.807) is 23.1 Å². The number of hydrogen-bond acceptors (Lipinski definition) is 5. The van der Waals surface area contributed by atoms with Crippen LogP contribution in [0, 0.1) is 0 Å². The molecule has 3 aromatic carbocycles. The first kappa shape index (κ1) is 17.2. The van der Waals surface area contributed by atoms with Gasteiger partial charge in [-0.2, -0.15) is 0 Å². The van der Waals surface area contributed by atoms with E-state index in [1.165, 1.54) is 4.70 Å². The molecule has 0 spiro atoms. The van der Waals surface area contributed by atoms with Gasteiger partial charge in [0.25, 0.3) is 0 Å². The lowest BCUT2D eigenvalue weighted by molar-refractivity contribution is 1.26. The van der Waals surface area contributed by atoms with E-state index in [4.69, 9.17) is 9.98 Å². The summed E-state index contributed by atoms with van der Waals surface area (Å²) in [6.45, 7) is 0. The van der Waals surface area contributed by atoms with Crippen molar-refractivity contribution in [1.82, 2.24) is 15.0 Å². The van der Waals surface area contributed by atoms with Crippen LogP contribution in [-0.2, 0) is 0 Å². The first-order valence-electron chi connectivity index (χ1n) is 8.91. The van der Waals surface area contributed by atoms with Crippen molar-refractivity contribution in [3.8, 4) is 0 Å². The fourth-order valence-electron chi connectivity index (χ4n) is 2.97. The molecule has 136 valence electrons. The first-order valence-corrected chi connectivity index (χ1v) is 10.7. The molecule has 1 N–H and O–H groups in total. The standard InChI is InChI=1S/C22H16N4S2/c1-2-8-15(9-3-1)19(25-21-23-16-10-4-5-11-17(16)24-21)14-27-22-26-18-12-6-7-13-20(18)28-22/h1-13H,14H2,(H,23,24)/b25-19+. The zero-order valence-electron chi connectivity index (χ0n) is 14.9. The number of hydrogen-bond donors (Lipinski definition) is 1. The van der Waals surface area contributed by atoms with Crippen molar-refractivity contribution < 1.29 is 0 Å². The molecule has 5 rings (SSSR count). The highest BCUT2D eigenvalue weighted by Gasteiger charge is 2.10. The molecule has 0 atom stereocenters. The van der Waals surface area contributed by atoms with E-state index in [1.807, 2.05) is 54.6 Å². The normalized spacial score (nSPS) is 12.1. The predicted molar refractivity (Wildman–Crippen MR) is 119 cm³/mol. The van der Waals surface area contributed by atoms with Gasteiger partial charge in [-0.15, -0.1) is 11.3 Å². The molecular formula is C22H16N4S2. The number of benzene rings is 3. The summed E-state index contributed by atoms with van der Waals surface area (Å²) in [6.07, 6.45) is 0. The molecule has 4 nitrogen and oxygen atoms in total. The quantitative estimate of drug-likeness (QED) is 0.287. The van der Waals surface area contributed by atoms with Crippen molar-refractivity contribution in [3.05, 3.63) is 84.4 Å². The van der Waals surface area contributed by atoms with Gasteiger partial charge in [0, 0.05) is 5.75 Å². The number of imidazole rings is 1. The van der Waals surface area contributed by atoms with Crippen LogP contribution in [0.15, 0.2) is 88.2 Å². The molecule has 0 fully saturated rings. The lowest BCUT2D eigenvalue weighted by atomic mass is 10.1. The fraction of sp³-hybridized carbons (Fsp3) is 0.0455. The van der Waals surface area contributed by atoms with Crippen molar-refractivity contribution in [2.75, 3.05) is 5.75 Å². The average molecular weight is 401 g/mol. The molecule has 2 aromatic heterocycles. The van der Waals surface area contributed by atoms with E-state index in [9.17, 15) is 0 Å². The fourth-order valence-corrected chi connectivity index (χ4v) is 5.01. The second-order valence-electron chi connectivity index (χ2n) is 6.24.